The van der Waals surface area contributed by atoms with E-state index in [1.165, 1.54) is 0 Å². The zero-order chi connectivity index (χ0) is 17.8. The molecule has 1 saturated heterocycles. The van der Waals surface area contributed by atoms with Crippen molar-refractivity contribution in [2.75, 3.05) is 32.8 Å². The largest absolute Gasteiger partial charge is 0.492 e. The molecule has 2 heterocycles. The quantitative estimate of drug-likeness (QED) is 0.878. The van der Waals surface area contributed by atoms with Gasteiger partial charge in [0.05, 0.1) is 12.5 Å². The molecule has 1 N–H and O–H groups in total. The minimum Gasteiger partial charge on any atom is -0.492 e. The molecule has 0 spiro atoms. The Bertz CT molecular complexity index is 626. The Morgan fingerprint density at radius 1 is 1.28 bits per heavy atom. The fourth-order valence-electron chi connectivity index (χ4n) is 3.87. The number of fused-ring (bicyclic) bond motifs is 1. The minimum absolute atomic E-state index is 0.0718. The molecule has 2 aliphatic rings. The third kappa shape index (κ3) is 4.12. The van der Waals surface area contributed by atoms with Crippen LogP contribution < -0.4 is 4.74 Å². The molecule has 0 aliphatic carbocycles. The van der Waals surface area contributed by atoms with Crippen molar-refractivity contribution in [3.05, 3.63) is 29.8 Å². The summed E-state index contributed by atoms with van der Waals surface area (Å²) in [5, 5.41) is 9.02. The van der Waals surface area contributed by atoms with E-state index < -0.39 is 5.97 Å². The van der Waals surface area contributed by atoms with Crippen LogP contribution in [-0.4, -0.2) is 65.6 Å². The van der Waals surface area contributed by atoms with Crippen LogP contribution >= 0.6 is 0 Å². The van der Waals surface area contributed by atoms with Crippen LogP contribution in [0.1, 0.15) is 25.3 Å². The van der Waals surface area contributed by atoms with Crippen LogP contribution in [0.2, 0.25) is 0 Å². The van der Waals surface area contributed by atoms with Gasteiger partial charge < -0.3 is 14.7 Å². The number of aliphatic carboxylic acids is 1. The van der Waals surface area contributed by atoms with E-state index in [0.29, 0.717) is 19.7 Å². The van der Waals surface area contributed by atoms with Crippen molar-refractivity contribution in [1.29, 1.82) is 0 Å². The van der Waals surface area contributed by atoms with E-state index in [4.69, 9.17) is 9.84 Å². The maximum atomic E-state index is 12.8. The first kappa shape index (κ1) is 17.7. The van der Waals surface area contributed by atoms with E-state index in [9.17, 15) is 9.59 Å². The number of carbonyl (C=O) groups is 2. The number of carbonyl (C=O) groups excluding carboxylic acids is 1. The summed E-state index contributed by atoms with van der Waals surface area (Å²) in [6.45, 7) is 4.60. The maximum absolute atomic E-state index is 12.8. The molecule has 2 aliphatic heterocycles. The number of para-hydroxylation sites is 1. The molecule has 1 aromatic carbocycles. The lowest BCUT2D eigenvalue weighted by Crippen LogP contribution is -2.50. The van der Waals surface area contributed by atoms with Crippen molar-refractivity contribution in [2.24, 2.45) is 5.92 Å². The average molecular weight is 346 g/mol. The molecule has 3 rings (SSSR count). The summed E-state index contributed by atoms with van der Waals surface area (Å²) in [4.78, 5) is 27.7. The number of carboxylic acid groups (broad SMARTS) is 1. The van der Waals surface area contributed by atoms with Gasteiger partial charge in [-0.05, 0) is 37.4 Å². The number of carboxylic acids is 1. The molecule has 0 bridgehead atoms. The molecule has 1 amide bonds. The van der Waals surface area contributed by atoms with Crippen LogP contribution in [0.5, 0.6) is 5.75 Å². The predicted molar refractivity (Wildman–Crippen MR) is 93.6 cm³/mol. The van der Waals surface area contributed by atoms with E-state index in [0.717, 1.165) is 37.1 Å². The Morgan fingerprint density at radius 2 is 2.00 bits per heavy atom. The SMILES string of the molecule is CCN(CC(=O)O)C1CCN(C(=O)C2COc3ccccc3C2)CC1. The first-order valence-electron chi connectivity index (χ1n) is 9.03. The second-order valence-electron chi connectivity index (χ2n) is 6.83. The van der Waals surface area contributed by atoms with Gasteiger partial charge in [-0.25, -0.2) is 0 Å². The molecule has 1 fully saturated rings. The number of likely N-dealkylation sites (N-methyl/N-ethyl adjacent to an activating group) is 1. The molecule has 25 heavy (non-hydrogen) atoms. The Hall–Kier alpha value is -2.08. The Labute approximate surface area is 148 Å². The maximum Gasteiger partial charge on any atom is 0.317 e. The second kappa shape index (κ2) is 7.87. The van der Waals surface area contributed by atoms with Gasteiger partial charge in [-0.2, -0.15) is 0 Å². The number of ether oxygens (including phenoxy) is 1. The number of piperidine rings is 1. The molecule has 1 unspecified atom stereocenters. The molecular weight excluding hydrogens is 320 g/mol. The highest BCUT2D eigenvalue weighted by Gasteiger charge is 2.33. The summed E-state index contributed by atoms with van der Waals surface area (Å²) >= 11 is 0. The summed E-state index contributed by atoms with van der Waals surface area (Å²) in [5.41, 5.74) is 1.10. The summed E-state index contributed by atoms with van der Waals surface area (Å²) < 4.78 is 5.75. The number of hydrogen-bond acceptors (Lipinski definition) is 4. The molecule has 6 nitrogen and oxygen atoms in total. The standard InChI is InChI=1S/C19H26N2O4/c1-2-20(12-18(22)23)16-7-9-21(10-8-16)19(24)15-11-14-5-3-4-6-17(14)25-13-15/h3-6,15-16H,2,7-13H2,1H3,(H,22,23). The second-order valence-corrected chi connectivity index (χ2v) is 6.83. The van der Waals surface area contributed by atoms with E-state index in [1.54, 1.807) is 0 Å². The Morgan fingerprint density at radius 3 is 2.68 bits per heavy atom. The van der Waals surface area contributed by atoms with Gasteiger partial charge >= 0.3 is 5.97 Å². The summed E-state index contributed by atoms with van der Waals surface area (Å²) in [7, 11) is 0. The van der Waals surface area contributed by atoms with Gasteiger partial charge in [-0.1, -0.05) is 25.1 Å². The topological polar surface area (TPSA) is 70.1 Å². The normalized spacial score (nSPS) is 20.9. The summed E-state index contributed by atoms with van der Waals surface area (Å²) in [5.74, 6) is 0.137. The van der Waals surface area contributed by atoms with Crippen molar-refractivity contribution >= 4 is 11.9 Å². The van der Waals surface area contributed by atoms with Gasteiger partial charge in [0.25, 0.3) is 0 Å². The molecule has 0 radical (unpaired) electrons. The van der Waals surface area contributed by atoms with Crippen LogP contribution in [0.15, 0.2) is 24.3 Å². The molecule has 136 valence electrons. The number of hydrogen-bond donors (Lipinski definition) is 1. The monoisotopic (exact) mass is 346 g/mol. The first-order chi connectivity index (χ1) is 12.1. The minimum atomic E-state index is -0.793. The van der Waals surface area contributed by atoms with Crippen molar-refractivity contribution < 1.29 is 19.4 Å². The van der Waals surface area contributed by atoms with Crippen molar-refractivity contribution in [2.45, 2.75) is 32.2 Å². The lowest BCUT2D eigenvalue weighted by Gasteiger charge is -2.39. The van der Waals surface area contributed by atoms with E-state index in [-0.39, 0.29) is 24.4 Å². The van der Waals surface area contributed by atoms with E-state index in [2.05, 4.69) is 0 Å². The zero-order valence-electron chi connectivity index (χ0n) is 14.7. The number of benzene rings is 1. The number of likely N-dealkylation sites (tertiary alicyclic amines) is 1. The highest BCUT2D eigenvalue weighted by molar-refractivity contribution is 5.80. The predicted octanol–water partition coefficient (Wildman–Crippen LogP) is 1.64. The van der Waals surface area contributed by atoms with Crippen LogP contribution in [-0.2, 0) is 16.0 Å². The van der Waals surface area contributed by atoms with Gasteiger partial charge in [0.15, 0.2) is 0 Å². The summed E-state index contributed by atoms with van der Waals surface area (Å²) in [6.07, 6.45) is 2.39. The van der Waals surface area contributed by atoms with E-state index in [1.807, 2.05) is 41.0 Å². The molecule has 0 aromatic heterocycles. The van der Waals surface area contributed by atoms with Crippen molar-refractivity contribution in [3.8, 4) is 5.75 Å². The molecule has 0 saturated carbocycles. The zero-order valence-corrected chi connectivity index (χ0v) is 14.7. The van der Waals surface area contributed by atoms with E-state index >= 15 is 0 Å². The van der Waals surface area contributed by atoms with Gasteiger partial charge in [-0.15, -0.1) is 0 Å². The molecule has 1 aromatic rings. The van der Waals surface area contributed by atoms with Gasteiger partial charge in [0.2, 0.25) is 5.91 Å². The Balaban J connectivity index is 1.54. The van der Waals surface area contributed by atoms with Crippen LogP contribution in [0.25, 0.3) is 0 Å². The highest BCUT2D eigenvalue weighted by atomic mass is 16.5. The lowest BCUT2D eigenvalue weighted by molar-refractivity contribution is -0.141. The van der Waals surface area contributed by atoms with Crippen molar-refractivity contribution in [3.63, 3.8) is 0 Å². The van der Waals surface area contributed by atoms with Gasteiger partial charge in [0.1, 0.15) is 12.4 Å². The fourth-order valence-corrected chi connectivity index (χ4v) is 3.87. The summed E-state index contributed by atoms with van der Waals surface area (Å²) in [6, 6.07) is 8.13. The molecule has 6 heteroatoms. The van der Waals surface area contributed by atoms with Crippen LogP contribution in [0, 0.1) is 5.92 Å². The van der Waals surface area contributed by atoms with Gasteiger partial charge in [0, 0.05) is 19.1 Å². The third-order valence-corrected chi connectivity index (χ3v) is 5.27. The average Bonchev–Trinajstić information content (AvgIpc) is 2.65. The smallest absolute Gasteiger partial charge is 0.317 e. The van der Waals surface area contributed by atoms with Crippen molar-refractivity contribution in [1.82, 2.24) is 9.80 Å². The fraction of sp³-hybridized carbons (Fsp3) is 0.579. The third-order valence-electron chi connectivity index (χ3n) is 5.27. The number of rotatable bonds is 5. The Kier molecular flexibility index (Phi) is 5.58. The first-order valence-corrected chi connectivity index (χ1v) is 9.03. The van der Waals surface area contributed by atoms with Crippen LogP contribution in [0.4, 0.5) is 0 Å². The lowest BCUT2D eigenvalue weighted by atomic mass is 9.94. The highest BCUT2D eigenvalue weighted by Crippen LogP contribution is 2.28. The van der Waals surface area contributed by atoms with Gasteiger partial charge in [-0.3, -0.25) is 14.5 Å². The molecular formula is C19H26N2O4. The number of amides is 1. The number of nitrogens with zero attached hydrogens (tertiary/aromatic N) is 2. The molecule has 1 atom stereocenters. The van der Waals surface area contributed by atoms with Crippen LogP contribution in [0.3, 0.4) is 0 Å².